The maximum absolute atomic E-state index is 11.6. The predicted molar refractivity (Wildman–Crippen MR) is 102 cm³/mol. The molecule has 0 spiro atoms. The van der Waals surface area contributed by atoms with E-state index in [1.165, 1.54) is 5.56 Å². The third-order valence-corrected chi connectivity index (χ3v) is 4.06. The van der Waals surface area contributed by atoms with E-state index in [0.29, 0.717) is 22.9 Å². The first kappa shape index (κ1) is 17.4. The molecule has 1 aromatic heterocycles. The van der Waals surface area contributed by atoms with Crippen molar-refractivity contribution in [2.24, 2.45) is 5.73 Å². The lowest BCUT2D eigenvalue weighted by Crippen LogP contribution is -2.16. The molecule has 3 rings (SSSR count). The molecule has 0 saturated carbocycles. The topological polar surface area (TPSA) is 78.1 Å². The monoisotopic (exact) mass is 345 g/mol. The highest BCUT2D eigenvalue weighted by atomic mass is 16.5. The Labute approximate surface area is 152 Å². The van der Waals surface area contributed by atoms with Crippen molar-refractivity contribution < 1.29 is 9.53 Å². The van der Waals surface area contributed by atoms with Crippen LogP contribution in [0.1, 0.15) is 35.9 Å². The summed E-state index contributed by atoms with van der Waals surface area (Å²) in [5.41, 5.74) is 8.74. The smallest absolute Gasteiger partial charge is 0.286 e. The van der Waals surface area contributed by atoms with Gasteiger partial charge in [0.25, 0.3) is 5.91 Å². The van der Waals surface area contributed by atoms with Crippen molar-refractivity contribution in [1.29, 1.82) is 0 Å². The highest BCUT2D eigenvalue weighted by Crippen LogP contribution is 2.30. The standard InChI is InChI=1S/C21H19N3O2/c1-4-11-26-16-9-10-18-17(12-16)19(24-21(23-18)20(22)25)15-7-5-14(6-8-15)13(2)3/h1,5-10,12-13H,11H2,2-3H3,(H2,22,25). The zero-order valence-electron chi connectivity index (χ0n) is 14.7. The van der Waals surface area contributed by atoms with Gasteiger partial charge < -0.3 is 10.5 Å². The number of terminal acetylenes is 1. The molecular weight excluding hydrogens is 326 g/mol. The maximum atomic E-state index is 11.6. The van der Waals surface area contributed by atoms with Gasteiger partial charge in [0.2, 0.25) is 5.82 Å². The number of carbonyl (C=O) groups is 1. The van der Waals surface area contributed by atoms with Gasteiger partial charge in [-0.3, -0.25) is 4.79 Å². The van der Waals surface area contributed by atoms with Gasteiger partial charge in [0, 0.05) is 10.9 Å². The minimum Gasteiger partial charge on any atom is -0.481 e. The molecule has 0 aliphatic heterocycles. The van der Waals surface area contributed by atoms with Gasteiger partial charge in [-0.05, 0) is 29.7 Å². The van der Waals surface area contributed by atoms with Gasteiger partial charge in [0.15, 0.2) is 0 Å². The Bertz CT molecular complexity index is 1000. The van der Waals surface area contributed by atoms with Crippen molar-refractivity contribution in [1.82, 2.24) is 9.97 Å². The van der Waals surface area contributed by atoms with Gasteiger partial charge in [-0.15, -0.1) is 6.42 Å². The summed E-state index contributed by atoms with van der Waals surface area (Å²) >= 11 is 0. The number of amides is 1. The predicted octanol–water partition coefficient (Wildman–Crippen LogP) is 3.53. The van der Waals surface area contributed by atoms with Gasteiger partial charge in [-0.2, -0.15) is 0 Å². The van der Waals surface area contributed by atoms with Crippen LogP contribution in [-0.4, -0.2) is 22.5 Å². The number of hydrogen-bond donors (Lipinski definition) is 1. The summed E-state index contributed by atoms with van der Waals surface area (Å²) in [6.07, 6.45) is 5.25. The van der Waals surface area contributed by atoms with Crippen molar-refractivity contribution in [3.8, 4) is 29.4 Å². The summed E-state index contributed by atoms with van der Waals surface area (Å²) in [4.78, 5) is 20.3. The summed E-state index contributed by atoms with van der Waals surface area (Å²) in [7, 11) is 0. The zero-order chi connectivity index (χ0) is 18.7. The Kier molecular flexibility index (Phi) is 4.85. The number of nitrogens with zero attached hydrogens (tertiary/aromatic N) is 2. The van der Waals surface area contributed by atoms with Crippen LogP contribution in [0.4, 0.5) is 0 Å². The molecule has 0 aliphatic rings. The molecule has 0 fully saturated rings. The second-order valence-electron chi connectivity index (χ2n) is 6.21. The van der Waals surface area contributed by atoms with Crippen molar-refractivity contribution in [3.05, 3.63) is 53.9 Å². The Balaban J connectivity index is 2.19. The Morgan fingerprint density at radius 3 is 2.54 bits per heavy atom. The average Bonchev–Trinajstić information content (AvgIpc) is 2.65. The molecular formula is C21H19N3O2. The Hall–Kier alpha value is -3.39. The SMILES string of the molecule is C#CCOc1ccc2nc(C(N)=O)nc(-c3ccc(C(C)C)cc3)c2c1. The first-order valence-electron chi connectivity index (χ1n) is 8.28. The van der Waals surface area contributed by atoms with Crippen LogP contribution in [0.5, 0.6) is 5.75 Å². The van der Waals surface area contributed by atoms with Crippen molar-refractivity contribution in [2.45, 2.75) is 19.8 Å². The molecule has 0 bridgehead atoms. The molecule has 2 N–H and O–H groups in total. The fraction of sp³-hybridized carbons (Fsp3) is 0.190. The number of nitrogens with two attached hydrogens (primary N) is 1. The molecule has 2 aromatic carbocycles. The lowest BCUT2D eigenvalue weighted by Gasteiger charge is -2.11. The van der Waals surface area contributed by atoms with E-state index in [1.54, 1.807) is 12.1 Å². The van der Waals surface area contributed by atoms with E-state index in [2.05, 4.69) is 41.9 Å². The first-order valence-corrected chi connectivity index (χ1v) is 8.28. The second kappa shape index (κ2) is 7.24. The number of fused-ring (bicyclic) bond motifs is 1. The summed E-state index contributed by atoms with van der Waals surface area (Å²) in [6.45, 7) is 4.44. The molecule has 3 aromatic rings. The van der Waals surface area contributed by atoms with Crippen molar-refractivity contribution in [3.63, 3.8) is 0 Å². The lowest BCUT2D eigenvalue weighted by atomic mass is 9.99. The van der Waals surface area contributed by atoms with Crippen LogP contribution in [0.15, 0.2) is 42.5 Å². The third kappa shape index (κ3) is 3.50. The van der Waals surface area contributed by atoms with Crippen LogP contribution >= 0.6 is 0 Å². The number of ether oxygens (including phenoxy) is 1. The minimum atomic E-state index is -0.667. The number of benzene rings is 2. The molecule has 5 nitrogen and oxygen atoms in total. The fourth-order valence-corrected chi connectivity index (χ4v) is 2.68. The van der Waals surface area contributed by atoms with E-state index >= 15 is 0 Å². The zero-order valence-corrected chi connectivity index (χ0v) is 14.7. The third-order valence-electron chi connectivity index (χ3n) is 4.06. The quantitative estimate of drug-likeness (QED) is 0.718. The van der Waals surface area contributed by atoms with E-state index in [4.69, 9.17) is 16.9 Å². The van der Waals surface area contributed by atoms with Crippen molar-refractivity contribution >= 4 is 16.8 Å². The largest absolute Gasteiger partial charge is 0.481 e. The number of primary amides is 1. The number of hydrogen-bond acceptors (Lipinski definition) is 4. The summed E-state index contributed by atoms with van der Waals surface area (Å²) in [5, 5.41) is 0.766. The molecule has 0 atom stereocenters. The lowest BCUT2D eigenvalue weighted by molar-refractivity contribution is 0.0991. The van der Waals surface area contributed by atoms with Crippen LogP contribution in [0.3, 0.4) is 0 Å². The molecule has 1 amide bonds. The first-order chi connectivity index (χ1) is 12.5. The molecule has 0 unspecified atom stereocenters. The Morgan fingerprint density at radius 2 is 1.92 bits per heavy atom. The molecule has 1 heterocycles. The van der Waals surface area contributed by atoms with Gasteiger partial charge in [-0.25, -0.2) is 9.97 Å². The van der Waals surface area contributed by atoms with E-state index < -0.39 is 5.91 Å². The normalized spacial score (nSPS) is 10.7. The summed E-state index contributed by atoms with van der Waals surface area (Å²) in [5.74, 6) is 2.80. The van der Waals surface area contributed by atoms with Crippen LogP contribution in [0, 0.1) is 12.3 Å². The fourth-order valence-electron chi connectivity index (χ4n) is 2.68. The van der Waals surface area contributed by atoms with Gasteiger partial charge in [-0.1, -0.05) is 44.0 Å². The van der Waals surface area contributed by atoms with Gasteiger partial charge in [0.1, 0.15) is 12.4 Å². The van der Waals surface area contributed by atoms with Crippen LogP contribution in [0.2, 0.25) is 0 Å². The average molecular weight is 345 g/mol. The summed E-state index contributed by atoms with van der Waals surface area (Å²) < 4.78 is 5.50. The van der Waals surface area contributed by atoms with E-state index in [0.717, 1.165) is 10.9 Å². The van der Waals surface area contributed by atoms with Crippen LogP contribution in [-0.2, 0) is 0 Å². The number of carbonyl (C=O) groups excluding carboxylic acids is 1. The molecule has 0 saturated heterocycles. The van der Waals surface area contributed by atoms with E-state index in [-0.39, 0.29) is 12.4 Å². The van der Waals surface area contributed by atoms with E-state index in [9.17, 15) is 4.79 Å². The molecule has 0 radical (unpaired) electrons. The van der Waals surface area contributed by atoms with Crippen LogP contribution in [0.25, 0.3) is 22.2 Å². The molecule has 130 valence electrons. The maximum Gasteiger partial charge on any atom is 0.286 e. The Morgan fingerprint density at radius 1 is 1.19 bits per heavy atom. The minimum absolute atomic E-state index is 0.0160. The van der Waals surface area contributed by atoms with Gasteiger partial charge >= 0.3 is 0 Å². The second-order valence-corrected chi connectivity index (χ2v) is 6.21. The number of aromatic nitrogens is 2. The highest BCUT2D eigenvalue weighted by molar-refractivity contribution is 5.97. The molecule has 0 aliphatic carbocycles. The van der Waals surface area contributed by atoms with E-state index in [1.807, 2.05) is 18.2 Å². The number of rotatable bonds is 5. The molecule has 5 heteroatoms. The molecule has 26 heavy (non-hydrogen) atoms. The van der Waals surface area contributed by atoms with Crippen LogP contribution < -0.4 is 10.5 Å². The highest BCUT2D eigenvalue weighted by Gasteiger charge is 2.14. The summed E-state index contributed by atoms with van der Waals surface area (Å²) in [6, 6.07) is 13.4. The van der Waals surface area contributed by atoms with Gasteiger partial charge in [0.05, 0.1) is 11.2 Å². The van der Waals surface area contributed by atoms with Crippen molar-refractivity contribution in [2.75, 3.05) is 6.61 Å².